The Hall–Kier alpha value is -3.94. The van der Waals surface area contributed by atoms with Crippen LogP contribution in [0.25, 0.3) is 10.9 Å². The molecule has 5 rings (SSSR count). The lowest BCUT2D eigenvalue weighted by molar-refractivity contribution is -0.124. The number of methoxy groups -OCH3 is 1. The number of aromatic nitrogens is 1. The maximum Gasteiger partial charge on any atom is 0.254 e. The number of rotatable bonds is 10. The van der Waals surface area contributed by atoms with Crippen LogP contribution in [-0.2, 0) is 23.1 Å². The van der Waals surface area contributed by atoms with Crippen molar-refractivity contribution in [3.63, 3.8) is 0 Å². The quantitative estimate of drug-likeness (QED) is 0.335. The van der Waals surface area contributed by atoms with Crippen molar-refractivity contribution in [2.45, 2.75) is 18.5 Å². The average molecular weight is 525 g/mol. The highest BCUT2D eigenvalue weighted by atomic mass is 16.5. The fraction of sp³-hybridized carbons (Fsp3) is 0.312. The Bertz CT molecular complexity index is 1450. The number of nitrogens with zero attached hydrogens (tertiary/aromatic N) is 3. The van der Waals surface area contributed by atoms with Crippen LogP contribution in [0.3, 0.4) is 0 Å². The number of aryl methyl sites for hydroxylation is 1. The summed E-state index contributed by atoms with van der Waals surface area (Å²) < 4.78 is 7.46. The van der Waals surface area contributed by atoms with Crippen LogP contribution in [0.4, 0.5) is 0 Å². The largest absolute Gasteiger partial charge is 0.383 e. The maximum absolute atomic E-state index is 14.0. The van der Waals surface area contributed by atoms with Crippen LogP contribution in [-0.4, -0.2) is 66.6 Å². The van der Waals surface area contributed by atoms with E-state index in [9.17, 15) is 9.59 Å². The summed E-state index contributed by atoms with van der Waals surface area (Å²) in [6.45, 7) is 2.80. The third-order valence-electron chi connectivity index (χ3n) is 7.59. The molecule has 3 aromatic carbocycles. The minimum absolute atomic E-state index is 0.0766. The summed E-state index contributed by atoms with van der Waals surface area (Å²) in [5.41, 5.74) is 4.60. The molecular weight excluding hydrogens is 488 g/mol. The minimum atomic E-state index is -0.555. The first kappa shape index (κ1) is 26.7. The molecule has 0 saturated heterocycles. The van der Waals surface area contributed by atoms with Gasteiger partial charge in [0.2, 0.25) is 5.91 Å². The number of amides is 2. The minimum Gasteiger partial charge on any atom is -0.383 e. The highest BCUT2D eigenvalue weighted by molar-refractivity contribution is 6.02. The molecule has 4 aromatic rings. The molecule has 1 aromatic heterocycles. The van der Waals surface area contributed by atoms with Crippen LogP contribution in [0.2, 0.25) is 0 Å². The second kappa shape index (κ2) is 11.8. The molecule has 1 aliphatic rings. The molecule has 0 radical (unpaired) electrons. The molecular formula is C32H36N4O3. The predicted molar refractivity (Wildman–Crippen MR) is 154 cm³/mol. The SMILES string of the molecule is COCCN1C(=O)c2ccccc2C(C(=O)NCCN(C)Cc2ccccc2)C1c1cn(C)c2ccccc12. The molecule has 2 amide bonds. The first-order chi connectivity index (χ1) is 19.0. The van der Waals surface area contributed by atoms with Crippen LogP contribution >= 0.6 is 0 Å². The first-order valence-electron chi connectivity index (χ1n) is 13.4. The molecule has 0 spiro atoms. The fourth-order valence-electron chi connectivity index (χ4n) is 5.72. The van der Waals surface area contributed by atoms with Crippen molar-refractivity contribution in [1.82, 2.24) is 19.7 Å². The van der Waals surface area contributed by atoms with E-state index in [0.29, 0.717) is 31.8 Å². The second-order valence-corrected chi connectivity index (χ2v) is 10.2. The Kier molecular flexibility index (Phi) is 8.10. The van der Waals surface area contributed by atoms with Gasteiger partial charge in [0.25, 0.3) is 5.91 Å². The van der Waals surface area contributed by atoms with Crippen LogP contribution in [0.5, 0.6) is 0 Å². The van der Waals surface area contributed by atoms with Gasteiger partial charge in [0, 0.05) is 68.6 Å². The van der Waals surface area contributed by atoms with Gasteiger partial charge in [-0.3, -0.25) is 9.59 Å². The van der Waals surface area contributed by atoms with Crippen molar-refractivity contribution in [2.75, 3.05) is 40.4 Å². The summed E-state index contributed by atoms with van der Waals surface area (Å²) >= 11 is 0. The molecule has 39 heavy (non-hydrogen) atoms. The maximum atomic E-state index is 14.0. The van der Waals surface area contributed by atoms with Crippen molar-refractivity contribution in [1.29, 1.82) is 0 Å². The molecule has 0 saturated carbocycles. The number of carbonyl (C=O) groups excluding carboxylic acids is 2. The van der Waals surface area contributed by atoms with E-state index in [0.717, 1.165) is 28.6 Å². The molecule has 2 unspecified atom stereocenters. The molecule has 2 heterocycles. The molecule has 0 aliphatic carbocycles. The number of nitrogens with one attached hydrogen (secondary N) is 1. The Morgan fingerprint density at radius 2 is 1.69 bits per heavy atom. The fourth-order valence-corrected chi connectivity index (χ4v) is 5.72. The van der Waals surface area contributed by atoms with Crippen LogP contribution < -0.4 is 5.32 Å². The second-order valence-electron chi connectivity index (χ2n) is 10.2. The van der Waals surface area contributed by atoms with Gasteiger partial charge < -0.3 is 24.4 Å². The van der Waals surface area contributed by atoms with Crippen molar-refractivity contribution >= 4 is 22.7 Å². The molecule has 0 fully saturated rings. The van der Waals surface area contributed by atoms with E-state index >= 15 is 0 Å². The average Bonchev–Trinajstić information content (AvgIpc) is 3.29. The Balaban J connectivity index is 1.47. The van der Waals surface area contributed by atoms with Crippen LogP contribution in [0.1, 0.15) is 39.0 Å². The summed E-state index contributed by atoms with van der Waals surface area (Å²) in [5.74, 6) is -0.711. The summed E-state index contributed by atoms with van der Waals surface area (Å²) in [7, 11) is 5.69. The first-order valence-corrected chi connectivity index (χ1v) is 13.4. The monoisotopic (exact) mass is 524 g/mol. The Morgan fingerprint density at radius 1 is 0.974 bits per heavy atom. The highest BCUT2D eigenvalue weighted by Crippen LogP contribution is 2.45. The smallest absolute Gasteiger partial charge is 0.254 e. The third-order valence-corrected chi connectivity index (χ3v) is 7.59. The standard InChI is InChI=1S/C32H36N4O3/c1-34(21-23-11-5-4-6-12-23)18-17-33-31(37)29-25-14-7-8-15-26(25)32(38)36(19-20-39-3)30(29)27-22-35(2)28-16-10-9-13-24(27)28/h4-16,22,29-30H,17-21H2,1-3H3,(H,33,37). The summed E-state index contributed by atoms with van der Waals surface area (Å²) in [5, 5.41) is 4.24. The van der Waals surface area contributed by atoms with Gasteiger partial charge in [-0.2, -0.15) is 0 Å². The predicted octanol–water partition coefficient (Wildman–Crippen LogP) is 4.35. The number of fused-ring (bicyclic) bond motifs is 2. The lowest BCUT2D eigenvalue weighted by Crippen LogP contribution is -2.49. The van der Waals surface area contributed by atoms with E-state index < -0.39 is 12.0 Å². The Morgan fingerprint density at radius 3 is 2.49 bits per heavy atom. The third kappa shape index (κ3) is 5.46. The van der Waals surface area contributed by atoms with Gasteiger partial charge in [0.1, 0.15) is 0 Å². The lowest BCUT2D eigenvalue weighted by atomic mass is 9.79. The topological polar surface area (TPSA) is 66.8 Å². The number of carbonyl (C=O) groups is 2. The van der Waals surface area contributed by atoms with E-state index in [1.807, 2.05) is 66.5 Å². The van der Waals surface area contributed by atoms with Crippen molar-refractivity contribution in [2.24, 2.45) is 7.05 Å². The molecule has 202 valence electrons. The van der Waals surface area contributed by atoms with Crippen molar-refractivity contribution < 1.29 is 14.3 Å². The van der Waals surface area contributed by atoms with Gasteiger partial charge in [0.15, 0.2) is 0 Å². The molecule has 7 nitrogen and oxygen atoms in total. The molecule has 1 N–H and O–H groups in total. The number of likely N-dealkylation sites (N-methyl/N-ethyl adjacent to an activating group) is 1. The summed E-state index contributed by atoms with van der Waals surface area (Å²) in [4.78, 5) is 31.9. The number of hydrogen-bond donors (Lipinski definition) is 1. The van der Waals surface area contributed by atoms with Gasteiger partial charge in [-0.1, -0.05) is 66.7 Å². The van der Waals surface area contributed by atoms with E-state index in [2.05, 4.69) is 52.3 Å². The van der Waals surface area contributed by atoms with Gasteiger partial charge in [-0.15, -0.1) is 0 Å². The van der Waals surface area contributed by atoms with Gasteiger partial charge in [-0.25, -0.2) is 0 Å². The zero-order valence-corrected chi connectivity index (χ0v) is 22.8. The van der Waals surface area contributed by atoms with Crippen molar-refractivity contribution in [3.8, 4) is 0 Å². The van der Waals surface area contributed by atoms with E-state index in [-0.39, 0.29) is 11.8 Å². The zero-order valence-electron chi connectivity index (χ0n) is 22.8. The van der Waals surface area contributed by atoms with Gasteiger partial charge in [0.05, 0.1) is 18.6 Å². The van der Waals surface area contributed by atoms with E-state index in [4.69, 9.17) is 4.74 Å². The normalized spacial score (nSPS) is 17.0. The number of para-hydroxylation sites is 1. The van der Waals surface area contributed by atoms with Gasteiger partial charge >= 0.3 is 0 Å². The zero-order chi connectivity index (χ0) is 27.4. The highest BCUT2D eigenvalue weighted by Gasteiger charge is 2.44. The van der Waals surface area contributed by atoms with Crippen LogP contribution in [0.15, 0.2) is 85.1 Å². The number of hydrogen-bond acceptors (Lipinski definition) is 4. The molecule has 2 atom stereocenters. The summed E-state index contributed by atoms with van der Waals surface area (Å²) in [6.07, 6.45) is 2.06. The lowest BCUT2D eigenvalue weighted by Gasteiger charge is -2.41. The number of benzene rings is 3. The van der Waals surface area contributed by atoms with Crippen LogP contribution in [0, 0.1) is 0 Å². The van der Waals surface area contributed by atoms with Crippen molar-refractivity contribution in [3.05, 3.63) is 107 Å². The van der Waals surface area contributed by atoms with Gasteiger partial charge in [-0.05, 0) is 30.3 Å². The summed E-state index contributed by atoms with van der Waals surface area (Å²) in [6, 6.07) is 25.5. The Labute approximate surface area is 230 Å². The molecule has 7 heteroatoms. The molecule has 1 aliphatic heterocycles. The van der Waals surface area contributed by atoms with E-state index in [1.54, 1.807) is 7.11 Å². The molecule has 0 bridgehead atoms. The van der Waals surface area contributed by atoms with E-state index in [1.165, 1.54) is 5.56 Å². The number of ether oxygens (including phenoxy) is 1.